The van der Waals surface area contributed by atoms with E-state index in [2.05, 4.69) is 31.4 Å². The van der Waals surface area contributed by atoms with E-state index in [0.717, 1.165) is 12.8 Å². The van der Waals surface area contributed by atoms with Crippen molar-refractivity contribution in [1.82, 2.24) is 15.1 Å². The number of hydrogen-bond acceptors (Lipinski definition) is 3. The fourth-order valence-corrected chi connectivity index (χ4v) is 7.41. The maximum atomic E-state index is 15.9. The SMILES string of the molecule is CC(=O)N1CCC(CNC(=O)N2CC(CC(C)(C)C)C3(C(=O)Nc4cc(Cl)ccc43)C2c2cccc(Cl)c2F)CC1. The van der Waals surface area contributed by atoms with E-state index in [9.17, 15) is 14.4 Å². The summed E-state index contributed by atoms with van der Waals surface area (Å²) < 4.78 is 15.9. The molecular weight excluding hydrogens is 566 g/mol. The predicted molar refractivity (Wildman–Crippen MR) is 159 cm³/mol. The quantitative estimate of drug-likeness (QED) is 0.425. The van der Waals surface area contributed by atoms with Crippen molar-refractivity contribution in [2.45, 2.75) is 58.4 Å². The number of benzene rings is 2. The number of carbonyl (C=O) groups excluding carboxylic acids is 3. The average Bonchev–Trinajstić information content (AvgIpc) is 3.38. The summed E-state index contributed by atoms with van der Waals surface area (Å²) in [5.74, 6) is -0.948. The minimum absolute atomic E-state index is 0.0579. The molecule has 1 spiro atoms. The molecule has 2 aromatic rings. The predicted octanol–water partition coefficient (Wildman–Crippen LogP) is 6.40. The van der Waals surface area contributed by atoms with Gasteiger partial charge < -0.3 is 20.4 Å². The van der Waals surface area contributed by atoms with Gasteiger partial charge in [-0.1, -0.05) is 62.2 Å². The number of fused-ring (bicyclic) bond motifs is 2. The molecule has 10 heteroatoms. The average molecular weight is 604 g/mol. The molecule has 2 fully saturated rings. The standard InChI is InChI=1S/C31H37Cl2FN4O3/c1-18(39)37-12-10-19(11-13-37)16-35-29(41)38-17-20(15-30(2,3)4)31(27(38)22-6-5-7-24(33)26(22)34)23-9-8-21(32)14-25(23)36-28(31)40/h5-9,14,19-20,27H,10-13,15-17H2,1-4H3,(H,35,41)(H,36,40). The van der Waals surface area contributed by atoms with Gasteiger partial charge in [0.1, 0.15) is 11.2 Å². The largest absolute Gasteiger partial charge is 0.343 e. The topological polar surface area (TPSA) is 81.8 Å². The molecule has 5 rings (SSSR count). The van der Waals surface area contributed by atoms with Crippen LogP contribution in [0.1, 0.15) is 64.1 Å². The number of urea groups is 1. The summed E-state index contributed by atoms with van der Waals surface area (Å²) in [6.07, 6.45) is 2.20. The van der Waals surface area contributed by atoms with Crippen molar-refractivity contribution in [3.05, 3.63) is 63.4 Å². The van der Waals surface area contributed by atoms with Gasteiger partial charge in [0, 0.05) is 49.4 Å². The summed E-state index contributed by atoms with van der Waals surface area (Å²) in [5.41, 5.74) is 0.0625. The number of nitrogens with zero attached hydrogens (tertiary/aromatic N) is 2. The molecule has 0 aromatic heterocycles. The zero-order chi connectivity index (χ0) is 29.7. The number of hydrogen-bond donors (Lipinski definition) is 2. The number of carbonyl (C=O) groups is 3. The number of halogens is 3. The molecule has 0 saturated carbocycles. The summed E-state index contributed by atoms with van der Waals surface area (Å²) in [4.78, 5) is 43.4. The Kier molecular flexibility index (Phi) is 8.03. The molecule has 0 aliphatic carbocycles. The molecule has 0 radical (unpaired) electrons. The Morgan fingerprint density at radius 2 is 1.85 bits per heavy atom. The highest BCUT2D eigenvalue weighted by Gasteiger charge is 2.65. The molecule has 41 heavy (non-hydrogen) atoms. The first-order valence-corrected chi connectivity index (χ1v) is 14.9. The van der Waals surface area contributed by atoms with Gasteiger partial charge in [-0.25, -0.2) is 9.18 Å². The fraction of sp³-hybridized carbons (Fsp3) is 0.516. The Morgan fingerprint density at radius 3 is 2.51 bits per heavy atom. The van der Waals surface area contributed by atoms with Gasteiger partial charge in [-0.2, -0.15) is 0 Å². The normalized spacial score (nSPS) is 24.5. The number of likely N-dealkylation sites (tertiary alicyclic amines) is 2. The van der Waals surface area contributed by atoms with E-state index < -0.39 is 17.3 Å². The van der Waals surface area contributed by atoms with Gasteiger partial charge in [0.25, 0.3) is 0 Å². The van der Waals surface area contributed by atoms with Gasteiger partial charge in [-0.05, 0) is 60.3 Å². The van der Waals surface area contributed by atoms with Crippen LogP contribution in [-0.4, -0.2) is 53.8 Å². The second kappa shape index (κ2) is 11.1. The third kappa shape index (κ3) is 5.41. The smallest absolute Gasteiger partial charge is 0.317 e. The lowest BCUT2D eigenvalue weighted by Crippen LogP contribution is -2.48. The van der Waals surface area contributed by atoms with Crippen molar-refractivity contribution >= 4 is 46.7 Å². The highest BCUT2D eigenvalue weighted by molar-refractivity contribution is 6.31. The lowest BCUT2D eigenvalue weighted by molar-refractivity contribution is -0.130. The minimum atomic E-state index is -1.25. The van der Waals surface area contributed by atoms with Crippen LogP contribution in [0.5, 0.6) is 0 Å². The van der Waals surface area contributed by atoms with Gasteiger partial charge in [0.05, 0.1) is 11.1 Å². The second-order valence-corrected chi connectivity index (χ2v) is 13.7. The van der Waals surface area contributed by atoms with Crippen molar-refractivity contribution in [3.63, 3.8) is 0 Å². The molecule has 3 unspecified atom stereocenters. The van der Waals surface area contributed by atoms with Gasteiger partial charge >= 0.3 is 6.03 Å². The van der Waals surface area contributed by atoms with Crippen molar-refractivity contribution in [3.8, 4) is 0 Å². The first-order chi connectivity index (χ1) is 19.3. The first-order valence-electron chi connectivity index (χ1n) is 14.2. The number of nitrogens with one attached hydrogen (secondary N) is 2. The van der Waals surface area contributed by atoms with Gasteiger partial charge in [0.15, 0.2) is 0 Å². The summed E-state index contributed by atoms with van der Waals surface area (Å²) in [5, 5.41) is 6.50. The fourth-order valence-electron chi connectivity index (χ4n) is 7.06. The molecule has 4 amide bonds. The molecule has 0 bridgehead atoms. The molecule has 3 aliphatic rings. The van der Waals surface area contributed by atoms with Crippen LogP contribution in [0.3, 0.4) is 0 Å². The molecule has 3 heterocycles. The summed E-state index contributed by atoms with van der Waals surface area (Å²) in [7, 11) is 0. The van der Waals surface area contributed by atoms with Gasteiger partial charge in [-0.3, -0.25) is 9.59 Å². The highest BCUT2D eigenvalue weighted by atomic mass is 35.5. The minimum Gasteiger partial charge on any atom is -0.343 e. The number of anilines is 1. The van der Waals surface area contributed by atoms with Gasteiger partial charge in [-0.15, -0.1) is 0 Å². The van der Waals surface area contributed by atoms with Crippen LogP contribution in [0.4, 0.5) is 14.9 Å². The van der Waals surface area contributed by atoms with Crippen molar-refractivity contribution < 1.29 is 18.8 Å². The van der Waals surface area contributed by atoms with Gasteiger partial charge in [0.2, 0.25) is 11.8 Å². The van der Waals surface area contributed by atoms with Crippen LogP contribution in [0.2, 0.25) is 10.0 Å². The number of amides is 4. The highest BCUT2D eigenvalue weighted by Crippen LogP contribution is 2.60. The zero-order valence-corrected chi connectivity index (χ0v) is 25.4. The molecule has 220 valence electrons. The van der Waals surface area contributed by atoms with E-state index in [1.54, 1.807) is 36.1 Å². The Hall–Kier alpha value is -2.84. The Bertz CT molecular complexity index is 1370. The van der Waals surface area contributed by atoms with Crippen LogP contribution >= 0.6 is 23.2 Å². The van der Waals surface area contributed by atoms with Crippen LogP contribution in [0, 0.1) is 23.1 Å². The molecule has 2 aromatic carbocycles. The van der Waals surface area contributed by atoms with Crippen LogP contribution in [0.15, 0.2) is 36.4 Å². The molecule has 2 N–H and O–H groups in total. The van der Waals surface area contributed by atoms with Crippen LogP contribution < -0.4 is 10.6 Å². The summed E-state index contributed by atoms with van der Waals surface area (Å²) in [6.45, 7) is 9.88. The molecular formula is C31H37Cl2FN4O3. The van der Waals surface area contributed by atoms with E-state index in [0.29, 0.717) is 42.3 Å². The van der Waals surface area contributed by atoms with Crippen LogP contribution in [0.25, 0.3) is 0 Å². The van der Waals surface area contributed by atoms with Crippen molar-refractivity contribution in [2.24, 2.45) is 17.3 Å². The zero-order valence-electron chi connectivity index (χ0n) is 23.9. The maximum Gasteiger partial charge on any atom is 0.317 e. The summed E-state index contributed by atoms with van der Waals surface area (Å²) >= 11 is 12.6. The maximum absolute atomic E-state index is 15.9. The molecule has 3 atom stereocenters. The first kappa shape index (κ1) is 29.6. The lowest BCUT2D eigenvalue weighted by Gasteiger charge is -2.38. The van der Waals surface area contributed by atoms with Crippen molar-refractivity contribution in [2.75, 3.05) is 31.5 Å². The Labute approximate surface area is 250 Å². The van der Waals surface area contributed by atoms with E-state index in [-0.39, 0.29) is 52.2 Å². The van der Waals surface area contributed by atoms with Crippen molar-refractivity contribution in [1.29, 1.82) is 0 Å². The Balaban J connectivity index is 1.56. The summed E-state index contributed by atoms with van der Waals surface area (Å²) in [6, 6.07) is 8.72. The molecule has 2 saturated heterocycles. The third-order valence-electron chi connectivity index (χ3n) is 8.85. The monoisotopic (exact) mass is 602 g/mol. The van der Waals surface area contributed by atoms with Crippen LogP contribution in [-0.2, 0) is 15.0 Å². The molecule has 3 aliphatic heterocycles. The Morgan fingerprint density at radius 1 is 1.15 bits per heavy atom. The number of rotatable bonds is 4. The molecule has 7 nitrogen and oxygen atoms in total. The van der Waals surface area contributed by atoms with E-state index in [1.807, 2.05) is 11.0 Å². The van der Waals surface area contributed by atoms with E-state index in [1.165, 1.54) is 6.07 Å². The lowest BCUT2D eigenvalue weighted by atomic mass is 9.63. The van der Waals surface area contributed by atoms with E-state index in [4.69, 9.17) is 23.2 Å². The third-order valence-corrected chi connectivity index (χ3v) is 9.38. The second-order valence-electron chi connectivity index (χ2n) is 12.8. The van der Waals surface area contributed by atoms with E-state index >= 15 is 4.39 Å². The number of piperidine rings is 1.